The number of benzene rings is 3. The van der Waals surface area contributed by atoms with E-state index in [-0.39, 0.29) is 54.5 Å². The molecule has 3 aromatic carbocycles. The zero-order valence-electron chi connectivity index (χ0n) is 22.8. The van der Waals surface area contributed by atoms with Gasteiger partial charge in [-0.25, -0.2) is 4.39 Å². The van der Waals surface area contributed by atoms with E-state index in [0.29, 0.717) is 17.6 Å². The van der Waals surface area contributed by atoms with Gasteiger partial charge in [0.15, 0.2) is 0 Å². The van der Waals surface area contributed by atoms with Crippen molar-refractivity contribution in [3.8, 4) is 0 Å². The van der Waals surface area contributed by atoms with E-state index in [1.165, 1.54) is 17.0 Å². The minimum Gasteiger partial charge on any atom is -0.350 e. The number of carbonyl (C=O) groups excluding carboxylic acids is 4. The Morgan fingerprint density at radius 2 is 1.76 bits per heavy atom. The van der Waals surface area contributed by atoms with Crippen LogP contribution in [0.5, 0.6) is 0 Å². The van der Waals surface area contributed by atoms with Gasteiger partial charge in [0.1, 0.15) is 18.6 Å². The summed E-state index contributed by atoms with van der Waals surface area (Å²) >= 11 is 5.83. The van der Waals surface area contributed by atoms with E-state index in [1.54, 1.807) is 35.0 Å². The van der Waals surface area contributed by atoms with Crippen molar-refractivity contribution < 1.29 is 23.6 Å². The van der Waals surface area contributed by atoms with Gasteiger partial charge in [-0.05, 0) is 42.2 Å². The average molecular weight is 589 g/mol. The van der Waals surface area contributed by atoms with Gasteiger partial charge in [0.05, 0.1) is 11.6 Å². The molecule has 1 aliphatic rings. The second-order valence-corrected chi connectivity index (χ2v) is 10.7. The SMILES string of the molecule is O=CCc1cn(CC(=O)N(CC(=O)NCc2cccc(Cl)c2F)C2CC2)c2cc(C(=O)NCc3ccccc3)ccc12. The molecule has 1 heterocycles. The van der Waals surface area contributed by atoms with Gasteiger partial charge in [0.25, 0.3) is 5.91 Å². The Bertz CT molecular complexity index is 1630. The molecule has 8 nitrogen and oxygen atoms in total. The summed E-state index contributed by atoms with van der Waals surface area (Å²) in [4.78, 5) is 52.1. The molecule has 1 saturated carbocycles. The molecule has 0 bridgehead atoms. The van der Waals surface area contributed by atoms with Gasteiger partial charge >= 0.3 is 0 Å². The van der Waals surface area contributed by atoms with E-state index >= 15 is 0 Å². The smallest absolute Gasteiger partial charge is 0.251 e. The number of aromatic nitrogens is 1. The molecule has 42 heavy (non-hydrogen) atoms. The predicted molar refractivity (Wildman–Crippen MR) is 157 cm³/mol. The fourth-order valence-corrected chi connectivity index (χ4v) is 5.10. The maximum Gasteiger partial charge on any atom is 0.251 e. The van der Waals surface area contributed by atoms with Gasteiger partial charge in [0, 0.05) is 53.8 Å². The van der Waals surface area contributed by atoms with Crippen LogP contribution in [0.25, 0.3) is 10.9 Å². The number of fused-ring (bicyclic) bond motifs is 1. The fourth-order valence-electron chi connectivity index (χ4n) is 4.91. The van der Waals surface area contributed by atoms with Crippen LogP contribution in [0.1, 0.15) is 39.9 Å². The molecule has 1 aliphatic carbocycles. The fraction of sp³-hybridized carbons (Fsp3) is 0.250. The highest BCUT2D eigenvalue weighted by atomic mass is 35.5. The minimum atomic E-state index is -0.590. The van der Waals surface area contributed by atoms with E-state index < -0.39 is 11.7 Å². The van der Waals surface area contributed by atoms with Crippen molar-refractivity contribution in [2.24, 2.45) is 0 Å². The third kappa shape index (κ3) is 6.86. The third-order valence-electron chi connectivity index (χ3n) is 7.26. The largest absolute Gasteiger partial charge is 0.350 e. The monoisotopic (exact) mass is 588 g/mol. The van der Waals surface area contributed by atoms with E-state index in [4.69, 9.17) is 11.6 Å². The summed E-state index contributed by atoms with van der Waals surface area (Å²) in [6, 6.07) is 19.3. The van der Waals surface area contributed by atoms with Crippen LogP contribution in [0.2, 0.25) is 5.02 Å². The van der Waals surface area contributed by atoms with Gasteiger partial charge < -0.3 is 24.9 Å². The molecule has 5 rings (SSSR count). The van der Waals surface area contributed by atoms with E-state index in [1.807, 2.05) is 30.3 Å². The second-order valence-electron chi connectivity index (χ2n) is 10.3. The van der Waals surface area contributed by atoms with Gasteiger partial charge in [-0.15, -0.1) is 0 Å². The highest BCUT2D eigenvalue weighted by Crippen LogP contribution is 2.28. The highest BCUT2D eigenvalue weighted by Gasteiger charge is 2.34. The van der Waals surface area contributed by atoms with Crippen LogP contribution in [-0.4, -0.2) is 46.1 Å². The molecular weight excluding hydrogens is 559 g/mol. The lowest BCUT2D eigenvalue weighted by molar-refractivity contribution is -0.137. The summed E-state index contributed by atoms with van der Waals surface area (Å²) < 4.78 is 15.9. The Morgan fingerprint density at radius 1 is 0.976 bits per heavy atom. The molecule has 4 aromatic rings. The van der Waals surface area contributed by atoms with Crippen LogP contribution in [-0.2, 0) is 40.4 Å². The average Bonchev–Trinajstić information content (AvgIpc) is 3.79. The van der Waals surface area contributed by atoms with Crippen LogP contribution in [0, 0.1) is 5.82 Å². The van der Waals surface area contributed by atoms with Crippen LogP contribution in [0.4, 0.5) is 4.39 Å². The predicted octanol–water partition coefficient (Wildman–Crippen LogP) is 4.41. The molecule has 0 unspecified atom stereocenters. The quantitative estimate of drug-likeness (QED) is 0.239. The summed E-state index contributed by atoms with van der Waals surface area (Å²) in [5.41, 5.74) is 3.03. The highest BCUT2D eigenvalue weighted by molar-refractivity contribution is 6.30. The van der Waals surface area contributed by atoms with Crippen molar-refractivity contribution in [3.63, 3.8) is 0 Å². The standard InChI is InChI=1S/C32H30ClFN4O4/c33-27-8-4-7-23(31(27)34)17-35-29(40)19-38(25-10-11-25)30(41)20-37-18-24(13-14-39)26-12-9-22(15-28(26)37)32(42)36-16-21-5-2-1-3-6-21/h1-9,12,14-15,18,25H,10-11,13,16-17,19-20H2,(H,35,40)(H,36,42). The second kappa shape index (κ2) is 13.0. The number of nitrogens with one attached hydrogen (secondary N) is 2. The Hall–Kier alpha value is -4.50. The van der Waals surface area contributed by atoms with Crippen molar-refractivity contribution in [1.82, 2.24) is 20.1 Å². The Balaban J connectivity index is 1.30. The van der Waals surface area contributed by atoms with E-state index in [9.17, 15) is 23.6 Å². The molecule has 2 N–H and O–H groups in total. The lowest BCUT2D eigenvalue weighted by atomic mass is 10.1. The molecule has 0 saturated heterocycles. The van der Waals surface area contributed by atoms with E-state index in [2.05, 4.69) is 10.6 Å². The van der Waals surface area contributed by atoms with Gasteiger partial charge in [-0.1, -0.05) is 60.1 Å². The molecule has 0 spiro atoms. The first-order valence-electron chi connectivity index (χ1n) is 13.7. The summed E-state index contributed by atoms with van der Waals surface area (Å²) in [6.45, 7) is 0.0800. The number of aldehydes is 1. The summed E-state index contributed by atoms with van der Waals surface area (Å²) in [5, 5.41) is 6.33. The van der Waals surface area contributed by atoms with Crippen LogP contribution < -0.4 is 10.6 Å². The lowest BCUT2D eigenvalue weighted by Crippen LogP contribution is -2.43. The number of nitrogens with zero attached hydrogens (tertiary/aromatic N) is 2. The summed E-state index contributed by atoms with van der Waals surface area (Å²) in [6.07, 6.45) is 4.28. The van der Waals surface area contributed by atoms with Crippen molar-refractivity contribution in [3.05, 3.63) is 106 Å². The number of hydrogen-bond donors (Lipinski definition) is 2. The Labute approximate surface area is 247 Å². The minimum absolute atomic E-state index is 0.0266. The molecule has 1 aromatic heterocycles. The first kappa shape index (κ1) is 29.0. The Kier molecular flexibility index (Phi) is 8.97. The maximum atomic E-state index is 14.2. The van der Waals surface area contributed by atoms with Crippen LogP contribution >= 0.6 is 11.6 Å². The molecule has 0 aliphatic heterocycles. The van der Waals surface area contributed by atoms with Gasteiger partial charge in [0.2, 0.25) is 11.8 Å². The van der Waals surface area contributed by atoms with Gasteiger partial charge in [-0.3, -0.25) is 14.4 Å². The normalized spacial score (nSPS) is 12.6. The number of halogens is 2. The number of hydrogen-bond acceptors (Lipinski definition) is 4. The lowest BCUT2D eigenvalue weighted by Gasteiger charge is -2.22. The van der Waals surface area contributed by atoms with E-state index in [0.717, 1.165) is 35.6 Å². The number of carbonyl (C=O) groups is 4. The van der Waals surface area contributed by atoms with Crippen molar-refractivity contribution in [2.75, 3.05) is 6.54 Å². The molecule has 3 amide bonds. The Morgan fingerprint density at radius 3 is 2.50 bits per heavy atom. The molecule has 216 valence electrons. The number of rotatable bonds is 12. The molecule has 0 radical (unpaired) electrons. The topological polar surface area (TPSA) is 101 Å². The van der Waals surface area contributed by atoms with Gasteiger partial charge in [-0.2, -0.15) is 0 Å². The van der Waals surface area contributed by atoms with Crippen LogP contribution in [0.3, 0.4) is 0 Å². The van der Waals surface area contributed by atoms with Crippen molar-refractivity contribution >= 4 is 46.5 Å². The zero-order chi connectivity index (χ0) is 29.6. The summed E-state index contributed by atoms with van der Waals surface area (Å²) in [5.74, 6) is -1.53. The van der Waals surface area contributed by atoms with Crippen molar-refractivity contribution in [2.45, 2.75) is 44.9 Å². The first-order chi connectivity index (χ1) is 20.3. The molecule has 0 atom stereocenters. The van der Waals surface area contributed by atoms with Crippen LogP contribution in [0.15, 0.2) is 72.9 Å². The first-order valence-corrected chi connectivity index (χ1v) is 14.1. The molecule has 10 heteroatoms. The van der Waals surface area contributed by atoms with Crippen molar-refractivity contribution in [1.29, 1.82) is 0 Å². The number of amides is 3. The zero-order valence-corrected chi connectivity index (χ0v) is 23.6. The molecule has 1 fully saturated rings. The maximum absolute atomic E-state index is 14.2. The summed E-state index contributed by atoms with van der Waals surface area (Å²) in [7, 11) is 0. The third-order valence-corrected chi connectivity index (χ3v) is 7.55. The molecular formula is C32H30ClFN4O4.